The van der Waals surface area contributed by atoms with Crippen LogP contribution in [0.5, 0.6) is 0 Å². The van der Waals surface area contributed by atoms with Gasteiger partial charge in [-0.25, -0.2) is 0 Å². The number of nitrogens with one attached hydrogen (secondary N) is 1. The van der Waals surface area contributed by atoms with Crippen LogP contribution in [0.3, 0.4) is 0 Å². The largest absolute Gasteiger partial charge is 0.416 e. The fourth-order valence-electron chi connectivity index (χ4n) is 1.83. The molecule has 0 aliphatic carbocycles. The summed E-state index contributed by atoms with van der Waals surface area (Å²) in [7, 11) is 0. The van der Waals surface area contributed by atoms with Gasteiger partial charge in [-0.2, -0.15) is 13.2 Å². The molecule has 0 saturated carbocycles. The summed E-state index contributed by atoms with van der Waals surface area (Å²) in [6, 6.07) is 2.54. The van der Waals surface area contributed by atoms with Crippen molar-refractivity contribution in [2.75, 3.05) is 11.4 Å². The molecule has 0 fully saturated rings. The van der Waals surface area contributed by atoms with Crippen LogP contribution in [0.4, 0.5) is 18.9 Å². The number of carbonyl (C=O) groups is 2. The number of hydrogen-bond acceptors (Lipinski definition) is 2. The number of halogens is 4. The zero-order valence-corrected chi connectivity index (χ0v) is 13.8. The van der Waals surface area contributed by atoms with E-state index in [-0.39, 0.29) is 16.8 Å². The highest BCUT2D eigenvalue weighted by atomic mass is 35.5. The molecule has 1 atom stereocenters. The van der Waals surface area contributed by atoms with E-state index in [4.69, 9.17) is 11.6 Å². The van der Waals surface area contributed by atoms with E-state index in [0.717, 1.165) is 30.0 Å². The lowest BCUT2D eigenvalue weighted by atomic mass is 10.1. The Bertz CT molecular complexity index is 591. The molecule has 0 radical (unpaired) electrons. The van der Waals surface area contributed by atoms with Crippen LogP contribution in [-0.4, -0.2) is 24.4 Å². The summed E-state index contributed by atoms with van der Waals surface area (Å²) < 4.78 is 38.5. The molecule has 1 unspecified atom stereocenters. The Labute approximate surface area is 137 Å². The third-order valence-corrected chi connectivity index (χ3v) is 3.59. The van der Waals surface area contributed by atoms with E-state index in [1.165, 1.54) is 0 Å². The third kappa shape index (κ3) is 5.42. The Morgan fingerprint density at radius 3 is 2.43 bits per heavy atom. The first-order valence-corrected chi connectivity index (χ1v) is 7.38. The Kier molecular flexibility index (Phi) is 6.44. The van der Waals surface area contributed by atoms with Crippen LogP contribution in [0, 0.1) is 0 Å². The summed E-state index contributed by atoms with van der Waals surface area (Å²) in [5, 5.41) is 2.61. The van der Waals surface area contributed by atoms with Gasteiger partial charge in [0.2, 0.25) is 11.8 Å². The smallest absolute Gasteiger partial charge is 0.352 e. The van der Waals surface area contributed by atoms with Crippen molar-refractivity contribution in [3.8, 4) is 0 Å². The van der Waals surface area contributed by atoms with Gasteiger partial charge in [0, 0.05) is 13.0 Å². The average molecular weight is 351 g/mol. The minimum absolute atomic E-state index is 0.0375. The first kappa shape index (κ1) is 19.3. The summed E-state index contributed by atoms with van der Waals surface area (Å²) in [4.78, 5) is 24.6. The molecule has 128 valence electrons. The van der Waals surface area contributed by atoms with Gasteiger partial charge in [0.05, 0.1) is 16.3 Å². The van der Waals surface area contributed by atoms with Gasteiger partial charge in [-0.1, -0.05) is 18.5 Å². The topological polar surface area (TPSA) is 49.4 Å². The highest BCUT2D eigenvalue weighted by molar-refractivity contribution is 6.34. The lowest BCUT2D eigenvalue weighted by molar-refractivity contribution is -0.137. The zero-order chi connectivity index (χ0) is 17.8. The maximum absolute atomic E-state index is 12.8. The second kappa shape index (κ2) is 7.68. The maximum atomic E-state index is 12.8. The average Bonchev–Trinajstić information content (AvgIpc) is 2.43. The van der Waals surface area contributed by atoms with E-state index in [1.807, 2.05) is 6.92 Å². The van der Waals surface area contributed by atoms with Crippen molar-refractivity contribution < 1.29 is 22.8 Å². The van der Waals surface area contributed by atoms with Gasteiger partial charge >= 0.3 is 6.18 Å². The predicted octanol–water partition coefficient (Wildman–Crippen LogP) is 3.63. The maximum Gasteiger partial charge on any atom is 0.416 e. The molecule has 1 N–H and O–H groups in total. The van der Waals surface area contributed by atoms with Crippen molar-refractivity contribution in [1.29, 1.82) is 0 Å². The molecular formula is C15H18ClF3N2O2. The van der Waals surface area contributed by atoms with E-state index in [2.05, 4.69) is 5.32 Å². The van der Waals surface area contributed by atoms with E-state index in [1.54, 1.807) is 6.92 Å². The molecule has 0 aliphatic heterocycles. The Morgan fingerprint density at radius 2 is 1.96 bits per heavy atom. The second-order valence-corrected chi connectivity index (χ2v) is 5.55. The van der Waals surface area contributed by atoms with E-state index < -0.39 is 30.1 Å². The van der Waals surface area contributed by atoms with E-state index >= 15 is 0 Å². The zero-order valence-electron chi connectivity index (χ0n) is 13.0. The van der Waals surface area contributed by atoms with E-state index in [0.29, 0.717) is 6.42 Å². The van der Waals surface area contributed by atoms with Gasteiger partial charge in [0.25, 0.3) is 0 Å². The molecule has 4 nitrogen and oxygen atoms in total. The minimum atomic E-state index is -4.57. The van der Waals surface area contributed by atoms with Crippen molar-refractivity contribution in [3.63, 3.8) is 0 Å². The van der Waals surface area contributed by atoms with Crippen molar-refractivity contribution in [1.82, 2.24) is 5.32 Å². The lowest BCUT2D eigenvalue weighted by Crippen LogP contribution is -2.43. The summed E-state index contributed by atoms with van der Waals surface area (Å²) >= 11 is 5.91. The number of nitrogens with zero attached hydrogens (tertiary/aromatic N) is 1. The van der Waals surface area contributed by atoms with Gasteiger partial charge < -0.3 is 10.2 Å². The highest BCUT2D eigenvalue weighted by Crippen LogP contribution is 2.35. The molecule has 23 heavy (non-hydrogen) atoms. The van der Waals surface area contributed by atoms with Gasteiger partial charge in [-0.05, 0) is 31.5 Å². The normalized spacial score (nSPS) is 12.7. The summed E-state index contributed by atoms with van der Waals surface area (Å²) in [6.07, 6.45) is -3.88. The lowest BCUT2D eigenvalue weighted by Gasteiger charge is -2.24. The van der Waals surface area contributed by atoms with E-state index in [9.17, 15) is 22.8 Å². The molecular weight excluding hydrogens is 333 g/mol. The van der Waals surface area contributed by atoms with Crippen LogP contribution in [0.25, 0.3) is 0 Å². The van der Waals surface area contributed by atoms with Crippen LogP contribution in [0.1, 0.15) is 32.8 Å². The quantitative estimate of drug-likeness (QED) is 0.881. The minimum Gasteiger partial charge on any atom is -0.352 e. The van der Waals surface area contributed by atoms with Crippen LogP contribution >= 0.6 is 11.6 Å². The van der Waals surface area contributed by atoms with Gasteiger partial charge in [0.15, 0.2) is 0 Å². The number of carbonyl (C=O) groups excluding carboxylic acids is 2. The Hall–Kier alpha value is -1.76. The number of alkyl halides is 3. The van der Waals surface area contributed by atoms with Crippen LogP contribution in [-0.2, 0) is 15.8 Å². The third-order valence-electron chi connectivity index (χ3n) is 3.27. The molecule has 0 heterocycles. The SMILES string of the molecule is CCC(C)NC(=O)CN(C(C)=O)c1cc(C(F)(F)F)ccc1Cl. The molecule has 0 aliphatic rings. The highest BCUT2D eigenvalue weighted by Gasteiger charge is 2.32. The molecule has 0 bridgehead atoms. The standard InChI is InChI=1S/C15H18ClF3N2O2/c1-4-9(2)20-14(23)8-21(10(3)22)13-7-11(15(17,18)19)5-6-12(13)16/h5-7,9H,4,8H2,1-3H3,(H,20,23). The van der Waals surface area contributed by atoms with Crippen LogP contribution in [0.15, 0.2) is 18.2 Å². The van der Waals surface area contributed by atoms with Crippen LogP contribution in [0.2, 0.25) is 5.02 Å². The number of amides is 2. The number of rotatable bonds is 5. The number of hydrogen-bond donors (Lipinski definition) is 1. The molecule has 0 saturated heterocycles. The summed E-state index contributed by atoms with van der Waals surface area (Å²) in [5.74, 6) is -1.05. The first-order chi connectivity index (χ1) is 10.6. The van der Waals surface area contributed by atoms with Gasteiger partial charge in [-0.15, -0.1) is 0 Å². The summed E-state index contributed by atoms with van der Waals surface area (Å²) in [6.45, 7) is 4.42. The number of benzene rings is 1. The molecule has 8 heteroatoms. The monoisotopic (exact) mass is 350 g/mol. The number of anilines is 1. The molecule has 1 aromatic carbocycles. The first-order valence-electron chi connectivity index (χ1n) is 7.00. The van der Waals surface area contributed by atoms with Gasteiger partial charge in [-0.3, -0.25) is 9.59 Å². The second-order valence-electron chi connectivity index (χ2n) is 5.15. The van der Waals surface area contributed by atoms with Crippen molar-refractivity contribution in [2.45, 2.75) is 39.4 Å². The summed E-state index contributed by atoms with van der Waals surface area (Å²) in [5.41, 5.74) is -1.08. The fraction of sp³-hybridized carbons (Fsp3) is 0.467. The Balaban J connectivity index is 3.11. The molecule has 2 amide bonds. The molecule has 1 rings (SSSR count). The molecule has 0 spiro atoms. The fourth-order valence-corrected chi connectivity index (χ4v) is 2.05. The van der Waals surface area contributed by atoms with Crippen LogP contribution < -0.4 is 10.2 Å². The molecule has 1 aromatic rings. The van der Waals surface area contributed by atoms with Crippen molar-refractivity contribution in [3.05, 3.63) is 28.8 Å². The molecule has 0 aromatic heterocycles. The van der Waals surface area contributed by atoms with Gasteiger partial charge in [0.1, 0.15) is 6.54 Å². The Morgan fingerprint density at radius 1 is 1.35 bits per heavy atom. The van der Waals surface area contributed by atoms with Crippen molar-refractivity contribution in [2.24, 2.45) is 0 Å². The predicted molar refractivity (Wildman–Crippen MR) is 82.4 cm³/mol. The van der Waals surface area contributed by atoms with Crippen molar-refractivity contribution >= 4 is 29.1 Å².